The molecule has 1 fully saturated rings. The van der Waals surface area contributed by atoms with Crippen molar-refractivity contribution >= 4 is 44.5 Å². The molecule has 110 valence electrons. The Labute approximate surface area is 136 Å². The van der Waals surface area contributed by atoms with E-state index in [2.05, 4.69) is 39.6 Å². The van der Waals surface area contributed by atoms with Gasteiger partial charge in [0.25, 0.3) is 0 Å². The van der Waals surface area contributed by atoms with Crippen molar-refractivity contribution in [1.82, 2.24) is 0 Å². The monoisotopic (exact) mass is 364 g/mol. The zero-order valence-corrected chi connectivity index (χ0v) is 14.2. The SMILES string of the molecule is Cc1sc(CNc2ccc(NC(=O)C3CC3)cc2)cc1Br. The van der Waals surface area contributed by atoms with Crippen LogP contribution in [0.25, 0.3) is 0 Å². The quantitative estimate of drug-likeness (QED) is 0.801. The highest BCUT2D eigenvalue weighted by Crippen LogP contribution is 2.30. The standard InChI is InChI=1S/C16H17BrN2OS/c1-10-15(17)8-14(21-10)9-18-12-4-6-13(7-5-12)19-16(20)11-2-3-11/h4-8,11,18H,2-3,9H2,1H3,(H,19,20). The van der Waals surface area contributed by atoms with Gasteiger partial charge in [-0.15, -0.1) is 11.3 Å². The van der Waals surface area contributed by atoms with Crippen LogP contribution in [-0.4, -0.2) is 5.91 Å². The minimum absolute atomic E-state index is 0.148. The predicted molar refractivity (Wildman–Crippen MR) is 91.9 cm³/mol. The van der Waals surface area contributed by atoms with Gasteiger partial charge < -0.3 is 10.6 Å². The molecular formula is C16H17BrN2OS. The van der Waals surface area contributed by atoms with Crippen LogP contribution in [0.15, 0.2) is 34.8 Å². The molecule has 1 aliphatic carbocycles. The molecule has 2 N–H and O–H groups in total. The Hall–Kier alpha value is -1.33. The molecule has 0 saturated heterocycles. The lowest BCUT2D eigenvalue weighted by molar-refractivity contribution is -0.117. The summed E-state index contributed by atoms with van der Waals surface area (Å²) < 4.78 is 1.17. The predicted octanol–water partition coefficient (Wildman–Crippen LogP) is 4.78. The molecule has 0 unspecified atom stereocenters. The van der Waals surface area contributed by atoms with Crippen LogP contribution in [0.5, 0.6) is 0 Å². The van der Waals surface area contributed by atoms with E-state index in [1.165, 1.54) is 14.2 Å². The first kappa shape index (κ1) is 14.6. The van der Waals surface area contributed by atoms with Gasteiger partial charge in [0.15, 0.2) is 0 Å². The Morgan fingerprint density at radius 2 is 1.95 bits per heavy atom. The van der Waals surface area contributed by atoms with Crippen LogP contribution in [-0.2, 0) is 11.3 Å². The van der Waals surface area contributed by atoms with Gasteiger partial charge in [-0.2, -0.15) is 0 Å². The molecule has 0 aliphatic heterocycles. The third kappa shape index (κ3) is 3.86. The van der Waals surface area contributed by atoms with Crippen LogP contribution in [0.3, 0.4) is 0 Å². The summed E-state index contributed by atoms with van der Waals surface area (Å²) in [6.45, 7) is 2.92. The van der Waals surface area contributed by atoms with E-state index in [1.807, 2.05) is 24.3 Å². The largest absolute Gasteiger partial charge is 0.380 e. The van der Waals surface area contributed by atoms with Gasteiger partial charge in [-0.05, 0) is 66.0 Å². The molecule has 1 saturated carbocycles. The molecule has 0 radical (unpaired) electrons. The maximum atomic E-state index is 11.7. The summed E-state index contributed by atoms with van der Waals surface area (Å²) in [5.41, 5.74) is 1.92. The van der Waals surface area contributed by atoms with Crippen molar-refractivity contribution < 1.29 is 4.79 Å². The van der Waals surface area contributed by atoms with Crippen LogP contribution in [0.4, 0.5) is 11.4 Å². The van der Waals surface area contributed by atoms with Gasteiger partial charge in [0, 0.05) is 38.1 Å². The first-order valence-electron chi connectivity index (χ1n) is 7.01. The fourth-order valence-corrected chi connectivity index (χ4v) is 3.60. The fraction of sp³-hybridized carbons (Fsp3) is 0.312. The van der Waals surface area contributed by atoms with E-state index in [1.54, 1.807) is 11.3 Å². The summed E-state index contributed by atoms with van der Waals surface area (Å²) >= 11 is 5.32. The maximum absolute atomic E-state index is 11.7. The first-order valence-corrected chi connectivity index (χ1v) is 8.62. The Morgan fingerprint density at radius 3 is 2.52 bits per heavy atom. The van der Waals surface area contributed by atoms with E-state index in [0.29, 0.717) is 0 Å². The summed E-state index contributed by atoms with van der Waals surface area (Å²) in [6.07, 6.45) is 2.06. The number of rotatable bonds is 5. The number of carbonyl (C=O) groups excluding carboxylic acids is 1. The normalized spacial score (nSPS) is 14.0. The smallest absolute Gasteiger partial charge is 0.227 e. The molecule has 5 heteroatoms. The van der Waals surface area contributed by atoms with Crippen molar-refractivity contribution in [1.29, 1.82) is 0 Å². The number of amides is 1. The van der Waals surface area contributed by atoms with E-state index >= 15 is 0 Å². The third-order valence-corrected chi connectivity index (χ3v) is 5.61. The molecule has 0 bridgehead atoms. The number of anilines is 2. The Morgan fingerprint density at radius 1 is 1.29 bits per heavy atom. The van der Waals surface area contributed by atoms with Crippen LogP contribution in [0.2, 0.25) is 0 Å². The molecule has 1 aromatic heterocycles. The highest BCUT2D eigenvalue weighted by atomic mass is 79.9. The van der Waals surface area contributed by atoms with Crippen molar-refractivity contribution in [2.75, 3.05) is 10.6 Å². The molecule has 1 amide bonds. The van der Waals surface area contributed by atoms with E-state index in [0.717, 1.165) is 30.8 Å². The lowest BCUT2D eigenvalue weighted by Crippen LogP contribution is -2.13. The number of benzene rings is 1. The second-order valence-electron chi connectivity index (χ2n) is 5.31. The van der Waals surface area contributed by atoms with E-state index in [9.17, 15) is 4.79 Å². The number of carbonyl (C=O) groups is 1. The molecule has 0 spiro atoms. The van der Waals surface area contributed by atoms with Crippen molar-refractivity contribution in [3.63, 3.8) is 0 Å². The molecule has 2 aromatic rings. The average molecular weight is 365 g/mol. The van der Waals surface area contributed by atoms with Gasteiger partial charge in [-0.25, -0.2) is 0 Å². The van der Waals surface area contributed by atoms with Crippen LogP contribution in [0, 0.1) is 12.8 Å². The van der Waals surface area contributed by atoms with Gasteiger partial charge in [0.05, 0.1) is 0 Å². The highest BCUT2D eigenvalue weighted by molar-refractivity contribution is 9.10. The van der Waals surface area contributed by atoms with Crippen molar-refractivity contribution in [3.05, 3.63) is 44.6 Å². The van der Waals surface area contributed by atoms with Crippen molar-refractivity contribution in [2.24, 2.45) is 5.92 Å². The number of thiophene rings is 1. The van der Waals surface area contributed by atoms with Crippen LogP contribution >= 0.6 is 27.3 Å². The Kier molecular flexibility index (Phi) is 4.31. The zero-order valence-electron chi connectivity index (χ0n) is 11.8. The van der Waals surface area contributed by atoms with Gasteiger partial charge in [-0.1, -0.05) is 0 Å². The topological polar surface area (TPSA) is 41.1 Å². The first-order chi connectivity index (χ1) is 10.1. The van der Waals surface area contributed by atoms with Crippen molar-refractivity contribution in [3.8, 4) is 0 Å². The lowest BCUT2D eigenvalue weighted by Gasteiger charge is -2.07. The second-order valence-corrected chi connectivity index (χ2v) is 7.51. The molecule has 1 aliphatic rings. The summed E-state index contributed by atoms with van der Waals surface area (Å²) in [4.78, 5) is 14.3. The fourth-order valence-electron chi connectivity index (χ4n) is 2.06. The summed E-state index contributed by atoms with van der Waals surface area (Å²) in [7, 11) is 0. The molecule has 1 aromatic carbocycles. The average Bonchev–Trinajstić information content (AvgIpc) is 3.26. The van der Waals surface area contributed by atoms with Crippen molar-refractivity contribution in [2.45, 2.75) is 26.3 Å². The Bertz CT molecular complexity index is 627. The number of halogens is 1. The van der Waals surface area contributed by atoms with Gasteiger partial charge >= 0.3 is 0 Å². The highest BCUT2D eigenvalue weighted by Gasteiger charge is 2.29. The number of nitrogens with one attached hydrogen (secondary N) is 2. The van der Waals surface area contributed by atoms with E-state index in [-0.39, 0.29) is 11.8 Å². The second kappa shape index (κ2) is 6.20. The minimum Gasteiger partial charge on any atom is -0.380 e. The summed E-state index contributed by atoms with van der Waals surface area (Å²) in [6, 6.07) is 10.0. The molecule has 21 heavy (non-hydrogen) atoms. The number of hydrogen-bond acceptors (Lipinski definition) is 3. The van der Waals surface area contributed by atoms with Crippen LogP contribution < -0.4 is 10.6 Å². The molecule has 1 heterocycles. The lowest BCUT2D eigenvalue weighted by atomic mass is 10.2. The Balaban J connectivity index is 1.55. The van der Waals surface area contributed by atoms with Gasteiger partial charge in [0.1, 0.15) is 0 Å². The van der Waals surface area contributed by atoms with Crippen LogP contribution in [0.1, 0.15) is 22.6 Å². The summed E-state index contributed by atoms with van der Waals surface area (Å²) in [5, 5.41) is 6.34. The zero-order chi connectivity index (χ0) is 14.8. The van der Waals surface area contributed by atoms with Gasteiger partial charge in [0.2, 0.25) is 5.91 Å². The minimum atomic E-state index is 0.148. The number of aryl methyl sites for hydroxylation is 1. The molecular weight excluding hydrogens is 348 g/mol. The van der Waals surface area contributed by atoms with Gasteiger partial charge in [-0.3, -0.25) is 4.79 Å². The molecule has 0 atom stereocenters. The molecule has 3 rings (SSSR count). The summed E-state index contributed by atoms with van der Waals surface area (Å²) in [5.74, 6) is 0.387. The maximum Gasteiger partial charge on any atom is 0.227 e. The van der Waals surface area contributed by atoms with E-state index in [4.69, 9.17) is 0 Å². The third-order valence-electron chi connectivity index (χ3n) is 3.48. The number of hydrogen-bond donors (Lipinski definition) is 2. The van der Waals surface area contributed by atoms with E-state index < -0.39 is 0 Å². The molecule has 3 nitrogen and oxygen atoms in total.